The Morgan fingerprint density at radius 1 is 1.26 bits per heavy atom. The van der Waals surface area contributed by atoms with Crippen molar-refractivity contribution in [2.75, 3.05) is 33.2 Å². The number of halogens is 1. The van der Waals surface area contributed by atoms with Crippen LogP contribution in [0.4, 0.5) is 0 Å². The van der Waals surface area contributed by atoms with Crippen LogP contribution >= 0.6 is 11.6 Å². The number of carbonyl (C=O) groups excluding carboxylic acids is 2. The number of benzene rings is 1. The molecule has 5 nitrogen and oxygen atoms in total. The molecule has 124 valence electrons. The number of likely N-dealkylation sites (tertiary alicyclic amines) is 1. The lowest BCUT2D eigenvalue weighted by Crippen LogP contribution is -2.61. The quantitative estimate of drug-likeness (QED) is 0.851. The normalized spacial score (nSPS) is 21.8. The first-order valence-electron chi connectivity index (χ1n) is 8.07. The van der Waals surface area contributed by atoms with Gasteiger partial charge < -0.3 is 10.2 Å². The zero-order valence-electron chi connectivity index (χ0n) is 13.3. The highest BCUT2D eigenvalue weighted by molar-refractivity contribution is 6.30. The van der Waals surface area contributed by atoms with Crippen LogP contribution in [0.3, 0.4) is 0 Å². The Balaban J connectivity index is 1.72. The van der Waals surface area contributed by atoms with Gasteiger partial charge in [0.1, 0.15) is 5.54 Å². The molecule has 2 fully saturated rings. The van der Waals surface area contributed by atoms with Crippen molar-refractivity contribution in [3.63, 3.8) is 0 Å². The SMILES string of the molecule is CN1CCCNC(=O)C12CCN(C(=O)c1cccc(Cl)c1)CC2. The molecule has 0 aromatic heterocycles. The topological polar surface area (TPSA) is 52.7 Å². The summed E-state index contributed by atoms with van der Waals surface area (Å²) in [7, 11) is 2.01. The molecule has 0 saturated carbocycles. The van der Waals surface area contributed by atoms with Crippen LogP contribution < -0.4 is 5.32 Å². The van der Waals surface area contributed by atoms with Gasteiger partial charge in [0.05, 0.1) is 0 Å². The third kappa shape index (κ3) is 3.08. The summed E-state index contributed by atoms with van der Waals surface area (Å²) in [6, 6.07) is 7.02. The molecular weight excluding hydrogens is 314 g/mol. The van der Waals surface area contributed by atoms with Crippen molar-refractivity contribution in [3.05, 3.63) is 34.9 Å². The van der Waals surface area contributed by atoms with Crippen molar-refractivity contribution in [1.29, 1.82) is 0 Å². The van der Waals surface area contributed by atoms with Crippen LogP contribution in [0.15, 0.2) is 24.3 Å². The van der Waals surface area contributed by atoms with Gasteiger partial charge in [-0.15, -0.1) is 0 Å². The minimum atomic E-state index is -0.471. The van der Waals surface area contributed by atoms with E-state index in [4.69, 9.17) is 11.6 Å². The number of hydrogen-bond acceptors (Lipinski definition) is 3. The number of nitrogens with one attached hydrogen (secondary N) is 1. The second kappa shape index (κ2) is 6.49. The molecule has 2 aliphatic rings. The fourth-order valence-corrected chi connectivity index (χ4v) is 3.75. The maximum atomic E-state index is 12.6. The lowest BCUT2D eigenvalue weighted by atomic mass is 9.85. The molecule has 0 unspecified atom stereocenters. The van der Waals surface area contributed by atoms with Gasteiger partial charge in [-0.1, -0.05) is 17.7 Å². The summed E-state index contributed by atoms with van der Waals surface area (Å²) in [6.07, 6.45) is 2.30. The van der Waals surface area contributed by atoms with Crippen molar-refractivity contribution in [2.45, 2.75) is 24.8 Å². The summed E-state index contributed by atoms with van der Waals surface area (Å²) in [5.74, 6) is 0.0892. The zero-order valence-corrected chi connectivity index (χ0v) is 14.1. The molecule has 0 bridgehead atoms. The smallest absolute Gasteiger partial charge is 0.253 e. The van der Waals surface area contributed by atoms with Gasteiger partial charge in [-0.2, -0.15) is 0 Å². The van der Waals surface area contributed by atoms with Crippen molar-refractivity contribution in [1.82, 2.24) is 15.1 Å². The Morgan fingerprint density at radius 3 is 2.70 bits per heavy atom. The molecule has 23 heavy (non-hydrogen) atoms. The van der Waals surface area contributed by atoms with E-state index in [1.807, 2.05) is 11.9 Å². The number of nitrogens with zero attached hydrogens (tertiary/aromatic N) is 2. The maximum Gasteiger partial charge on any atom is 0.253 e. The standard InChI is InChI=1S/C17H22ClN3O2/c1-20-9-3-8-19-16(23)17(20)6-10-21(11-7-17)15(22)13-4-2-5-14(18)12-13/h2,4-5,12H,3,6-11H2,1H3,(H,19,23). The van der Waals surface area contributed by atoms with Gasteiger partial charge in [-0.25, -0.2) is 0 Å². The summed E-state index contributed by atoms with van der Waals surface area (Å²) in [6.45, 7) is 2.81. The van der Waals surface area contributed by atoms with E-state index in [2.05, 4.69) is 10.2 Å². The molecule has 0 atom stereocenters. The highest BCUT2D eigenvalue weighted by Gasteiger charge is 2.46. The van der Waals surface area contributed by atoms with E-state index in [0.29, 0.717) is 36.5 Å². The number of rotatable bonds is 1. The average molecular weight is 336 g/mol. The Bertz CT molecular complexity index is 612. The fourth-order valence-electron chi connectivity index (χ4n) is 3.56. The maximum absolute atomic E-state index is 12.6. The second-order valence-electron chi connectivity index (χ2n) is 6.37. The Morgan fingerprint density at radius 2 is 2.00 bits per heavy atom. The minimum absolute atomic E-state index is 0.0148. The van der Waals surface area contributed by atoms with Crippen LogP contribution in [-0.4, -0.2) is 60.4 Å². The van der Waals surface area contributed by atoms with E-state index >= 15 is 0 Å². The molecule has 0 aliphatic carbocycles. The fraction of sp³-hybridized carbons (Fsp3) is 0.529. The van der Waals surface area contributed by atoms with Gasteiger partial charge in [0.15, 0.2) is 0 Å². The highest BCUT2D eigenvalue weighted by atomic mass is 35.5. The van der Waals surface area contributed by atoms with E-state index in [-0.39, 0.29) is 11.8 Å². The first kappa shape index (κ1) is 16.3. The summed E-state index contributed by atoms with van der Waals surface area (Å²) in [5, 5.41) is 3.58. The average Bonchev–Trinajstić information content (AvgIpc) is 2.69. The van der Waals surface area contributed by atoms with E-state index < -0.39 is 5.54 Å². The van der Waals surface area contributed by atoms with Gasteiger partial charge in [0, 0.05) is 36.8 Å². The minimum Gasteiger partial charge on any atom is -0.354 e. The third-order valence-corrected chi connectivity index (χ3v) is 5.29. The molecule has 1 spiro atoms. The molecule has 6 heteroatoms. The summed E-state index contributed by atoms with van der Waals surface area (Å²) >= 11 is 5.97. The molecule has 2 amide bonds. The van der Waals surface area contributed by atoms with E-state index in [0.717, 1.165) is 19.5 Å². The number of amides is 2. The van der Waals surface area contributed by atoms with Gasteiger partial charge in [-0.05, 0) is 44.5 Å². The van der Waals surface area contributed by atoms with Crippen molar-refractivity contribution >= 4 is 23.4 Å². The molecular formula is C17H22ClN3O2. The zero-order chi connectivity index (χ0) is 16.4. The van der Waals surface area contributed by atoms with Crippen molar-refractivity contribution < 1.29 is 9.59 Å². The van der Waals surface area contributed by atoms with Gasteiger partial charge in [0.25, 0.3) is 5.91 Å². The Labute approximate surface area is 141 Å². The molecule has 0 radical (unpaired) electrons. The van der Waals surface area contributed by atoms with Crippen LogP contribution in [0.1, 0.15) is 29.6 Å². The molecule has 2 saturated heterocycles. The Hall–Kier alpha value is -1.59. The summed E-state index contributed by atoms with van der Waals surface area (Å²) < 4.78 is 0. The van der Waals surface area contributed by atoms with E-state index in [1.165, 1.54) is 0 Å². The summed E-state index contributed by atoms with van der Waals surface area (Å²) in [5.41, 5.74) is 0.133. The van der Waals surface area contributed by atoms with Crippen molar-refractivity contribution in [2.24, 2.45) is 0 Å². The predicted octanol–water partition coefficient (Wildman–Crippen LogP) is 1.77. The molecule has 2 aliphatic heterocycles. The molecule has 2 heterocycles. The predicted molar refractivity (Wildman–Crippen MR) is 89.6 cm³/mol. The number of carbonyl (C=O) groups is 2. The van der Waals surface area contributed by atoms with E-state index in [1.54, 1.807) is 24.3 Å². The largest absolute Gasteiger partial charge is 0.354 e. The first-order chi connectivity index (χ1) is 11.0. The molecule has 1 aromatic rings. The highest BCUT2D eigenvalue weighted by Crippen LogP contribution is 2.30. The van der Waals surface area contributed by atoms with Gasteiger partial charge in [0.2, 0.25) is 5.91 Å². The second-order valence-corrected chi connectivity index (χ2v) is 6.80. The third-order valence-electron chi connectivity index (χ3n) is 5.06. The van der Waals surface area contributed by atoms with E-state index in [9.17, 15) is 9.59 Å². The molecule has 3 rings (SSSR count). The number of hydrogen-bond donors (Lipinski definition) is 1. The molecule has 1 aromatic carbocycles. The monoisotopic (exact) mass is 335 g/mol. The van der Waals surface area contributed by atoms with Crippen LogP contribution in [0, 0.1) is 0 Å². The van der Waals surface area contributed by atoms with Crippen LogP contribution in [0.25, 0.3) is 0 Å². The lowest BCUT2D eigenvalue weighted by molar-refractivity contribution is -0.134. The van der Waals surface area contributed by atoms with Crippen LogP contribution in [0.2, 0.25) is 5.02 Å². The van der Waals surface area contributed by atoms with Gasteiger partial charge in [-0.3, -0.25) is 14.5 Å². The molecule has 1 N–H and O–H groups in total. The van der Waals surface area contributed by atoms with Gasteiger partial charge >= 0.3 is 0 Å². The van der Waals surface area contributed by atoms with Crippen LogP contribution in [-0.2, 0) is 4.79 Å². The lowest BCUT2D eigenvalue weighted by Gasteiger charge is -2.44. The number of piperidine rings is 1. The summed E-state index contributed by atoms with van der Waals surface area (Å²) in [4.78, 5) is 29.1. The number of likely N-dealkylation sites (N-methyl/N-ethyl adjacent to an activating group) is 1. The Kier molecular flexibility index (Phi) is 4.60. The van der Waals surface area contributed by atoms with Crippen LogP contribution in [0.5, 0.6) is 0 Å². The van der Waals surface area contributed by atoms with Crippen molar-refractivity contribution in [3.8, 4) is 0 Å². The first-order valence-corrected chi connectivity index (χ1v) is 8.45.